The molecule has 4 rings (SSSR count). The largest absolute Gasteiger partial charge is 0.461 e. The Morgan fingerprint density at radius 3 is 3.00 bits per heavy atom. The fourth-order valence-corrected chi connectivity index (χ4v) is 3.97. The third-order valence-corrected chi connectivity index (χ3v) is 5.66. The van der Waals surface area contributed by atoms with Gasteiger partial charge in [-0.25, -0.2) is 4.39 Å². The molecule has 0 aliphatic carbocycles. The van der Waals surface area contributed by atoms with Crippen LogP contribution < -0.4 is 5.32 Å². The Hall–Kier alpha value is -2.36. The van der Waals surface area contributed by atoms with Crippen molar-refractivity contribution in [2.75, 3.05) is 17.7 Å². The van der Waals surface area contributed by atoms with E-state index in [0.29, 0.717) is 29.0 Å². The Morgan fingerprint density at radius 1 is 1.38 bits per heavy atom. The highest BCUT2D eigenvalue weighted by atomic mass is 35.5. The van der Waals surface area contributed by atoms with Crippen molar-refractivity contribution in [1.82, 2.24) is 14.8 Å². The standard InChI is InChI=1S/C19H18ClFN4O3S/c20-14-9-12(5-6-15(14)21)22-17(26)11-29-19-24-23-18(16-4-2-8-28-16)25(19)10-13-3-1-7-27-13/h2,4-6,8-9,13H,1,3,7,10-11H2,(H,22,26). The second-order valence-electron chi connectivity index (χ2n) is 6.49. The molecule has 1 saturated heterocycles. The molecule has 0 bridgehead atoms. The first-order valence-corrected chi connectivity index (χ1v) is 10.4. The van der Waals surface area contributed by atoms with Gasteiger partial charge in [0.15, 0.2) is 10.9 Å². The molecular weight excluding hydrogens is 419 g/mol. The van der Waals surface area contributed by atoms with Gasteiger partial charge in [-0.2, -0.15) is 0 Å². The van der Waals surface area contributed by atoms with E-state index in [1.165, 1.54) is 30.0 Å². The molecule has 1 atom stereocenters. The van der Waals surface area contributed by atoms with Gasteiger partial charge in [-0.15, -0.1) is 10.2 Å². The van der Waals surface area contributed by atoms with Crippen molar-refractivity contribution in [3.63, 3.8) is 0 Å². The highest BCUT2D eigenvalue weighted by Crippen LogP contribution is 2.27. The molecule has 3 aromatic rings. The first-order chi connectivity index (χ1) is 14.1. The Bertz CT molecular complexity index is 990. The Morgan fingerprint density at radius 2 is 2.28 bits per heavy atom. The van der Waals surface area contributed by atoms with E-state index in [1.54, 1.807) is 12.3 Å². The molecule has 3 heterocycles. The minimum absolute atomic E-state index is 0.0464. The van der Waals surface area contributed by atoms with Crippen LogP contribution in [0.2, 0.25) is 5.02 Å². The van der Waals surface area contributed by atoms with Crippen LogP contribution in [0.3, 0.4) is 0 Å². The van der Waals surface area contributed by atoms with Gasteiger partial charge < -0.3 is 14.5 Å². The first-order valence-electron chi connectivity index (χ1n) is 9.06. The van der Waals surface area contributed by atoms with Crippen molar-refractivity contribution in [1.29, 1.82) is 0 Å². The van der Waals surface area contributed by atoms with Crippen LogP contribution in [0.25, 0.3) is 11.6 Å². The lowest BCUT2D eigenvalue weighted by atomic mass is 10.2. The minimum atomic E-state index is -0.535. The molecule has 0 radical (unpaired) electrons. The van der Waals surface area contributed by atoms with Crippen LogP contribution >= 0.6 is 23.4 Å². The smallest absolute Gasteiger partial charge is 0.234 e. The van der Waals surface area contributed by atoms with E-state index >= 15 is 0 Å². The van der Waals surface area contributed by atoms with Crippen molar-refractivity contribution in [3.05, 3.63) is 47.4 Å². The van der Waals surface area contributed by atoms with Crippen LogP contribution in [0.1, 0.15) is 12.8 Å². The summed E-state index contributed by atoms with van der Waals surface area (Å²) in [5.74, 6) is 0.513. The SMILES string of the molecule is O=C(CSc1nnc(-c2ccco2)n1CC1CCCO1)Nc1ccc(F)c(Cl)c1. The molecule has 1 N–H and O–H groups in total. The number of halogens is 2. The van der Waals surface area contributed by atoms with Crippen molar-refractivity contribution in [3.8, 4) is 11.6 Å². The van der Waals surface area contributed by atoms with Gasteiger partial charge in [-0.3, -0.25) is 9.36 Å². The lowest BCUT2D eigenvalue weighted by Gasteiger charge is -2.14. The maximum Gasteiger partial charge on any atom is 0.234 e. The number of nitrogens with one attached hydrogen (secondary N) is 1. The normalized spacial score (nSPS) is 16.3. The predicted molar refractivity (Wildman–Crippen MR) is 107 cm³/mol. The Labute approximate surface area is 175 Å². The van der Waals surface area contributed by atoms with E-state index < -0.39 is 5.82 Å². The van der Waals surface area contributed by atoms with Gasteiger partial charge in [0.2, 0.25) is 11.7 Å². The number of aromatic nitrogens is 3. The monoisotopic (exact) mass is 436 g/mol. The van der Waals surface area contributed by atoms with Gasteiger partial charge in [0.05, 0.1) is 29.7 Å². The van der Waals surface area contributed by atoms with Crippen LogP contribution in [0, 0.1) is 5.82 Å². The van der Waals surface area contributed by atoms with Crippen LogP contribution in [-0.4, -0.2) is 39.1 Å². The van der Waals surface area contributed by atoms with Gasteiger partial charge in [0.25, 0.3) is 0 Å². The van der Waals surface area contributed by atoms with Crippen molar-refractivity contribution >= 4 is 35.0 Å². The van der Waals surface area contributed by atoms with Gasteiger partial charge in [0.1, 0.15) is 5.82 Å². The van der Waals surface area contributed by atoms with Crippen LogP contribution in [0.5, 0.6) is 0 Å². The highest BCUT2D eigenvalue weighted by molar-refractivity contribution is 7.99. The number of nitrogens with zero attached hydrogens (tertiary/aromatic N) is 3. The van der Waals surface area contributed by atoms with Crippen molar-refractivity contribution in [2.45, 2.75) is 30.6 Å². The van der Waals surface area contributed by atoms with E-state index in [9.17, 15) is 9.18 Å². The lowest BCUT2D eigenvalue weighted by Crippen LogP contribution is -2.18. The molecule has 1 fully saturated rings. The maximum atomic E-state index is 13.3. The van der Waals surface area contributed by atoms with Crippen LogP contribution in [0.4, 0.5) is 10.1 Å². The summed E-state index contributed by atoms with van der Waals surface area (Å²) in [7, 11) is 0. The fourth-order valence-electron chi connectivity index (χ4n) is 3.04. The molecule has 1 unspecified atom stereocenters. The Balaban J connectivity index is 1.46. The summed E-state index contributed by atoms with van der Waals surface area (Å²) in [4.78, 5) is 12.3. The summed E-state index contributed by atoms with van der Waals surface area (Å²) in [6.07, 6.45) is 3.64. The first kappa shape index (κ1) is 19.9. The molecule has 29 heavy (non-hydrogen) atoms. The van der Waals surface area contributed by atoms with E-state index in [-0.39, 0.29) is 22.8 Å². The number of furan rings is 1. The number of amides is 1. The third kappa shape index (κ3) is 4.80. The molecule has 1 aliphatic heterocycles. The molecule has 0 spiro atoms. The molecule has 10 heteroatoms. The van der Waals surface area contributed by atoms with Gasteiger partial charge >= 0.3 is 0 Å². The zero-order valence-electron chi connectivity index (χ0n) is 15.3. The second kappa shape index (κ2) is 8.98. The molecule has 7 nitrogen and oxygen atoms in total. The summed E-state index contributed by atoms with van der Waals surface area (Å²) < 4.78 is 26.4. The molecule has 1 aromatic carbocycles. The predicted octanol–water partition coefficient (Wildman–Crippen LogP) is 4.24. The zero-order valence-corrected chi connectivity index (χ0v) is 16.9. The topological polar surface area (TPSA) is 82.2 Å². The quantitative estimate of drug-likeness (QED) is 0.558. The highest BCUT2D eigenvalue weighted by Gasteiger charge is 2.23. The fraction of sp³-hybridized carbons (Fsp3) is 0.316. The molecule has 0 saturated carbocycles. The molecular formula is C19H18ClFN4O3S. The average molecular weight is 437 g/mol. The van der Waals surface area contributed by atoms with Gasteiger partial charge in [-0.05, 0) is 43.2 Å². The number of ether oxygens (including phenoxy) is 1. The summed E-state index contributed by atoms with van der Waals surface area (Å²) >= 11 is 7.01. The summed E-state index contributed by atoms with van der Waals surface area (Å²) in [6.45, 7) is 1.33. The number of carbonyl (C=O) groups is 1. The number of rotatable bonds is 7. The number of benzene rings is 1. The van der Waals surface area contributed by atoms with Gasteiger partial charge in [-0.1, -0.05) is 23.4 Å². The molecule has 1 amide bonds. The van der Waals surface area contributed by atoms with E-state index in [4.69, 9.17) is 20.8 Å². The molecule has 2 aromatic heterocycles. The van der Waals surface area contributed by atoms with Crippen LogP contribution in [0.15, 0.2) is 46.2 Å². The Kier molecular flexibility index (Phi) is 6.17. The average Bonchev–Trinajstić information content (AvgIpc) is 3.45. The summed E-state index contributed by atoms with van der Waals surface area (Å²) in [5.41, 5.74) is 0.430. The van der Waals surface area contributed by atoms with E-state index in [0.717, 1.165) is 19.4 Å². The van der Waals surface area contributed by atoms with Gasteiger partial charge in [0, 0.05) is 12.3 Å². The summed E-state index contributed by atoms with van der Waals surface area (Å²) in [5, 5.41) is 11.7. The zero-order chi connectivity index (χ0) is 20.2. The van der Waals surface area contributed by atoms with Crippen molar-refractivity contribution in [2.24, 2.45) is 0 Å². The summed E-state index contributed by atoms with van der Waals surface area (Å²) in [6, 6.07) is 7.63. The third-order valence-electron chi connectivity index (χ3n) is 4.40. The molecule has 1 aliphatic rings. The number of thioether (sulfide) groups is 1. The number of anilines is 1. The van der Waals surface area contributed by atoms with E-state index in [2.05, 4.69) is 15.5 Å². The maximum absolute atomic E-state index is 13.3. The van der Waals surface area contributed by atoms with Crippen LogP contribution in [-0.2, 0) is 16.1 Å². The van der Waals surface area contributed by atoms with E-state index in [1.807, 2.05) is 10.6 Å². The van der Waals surface area contributed by atoms with Crippen molar-refractivity contribution < 1.29 is 18.3 Å². The molecule has 152 valence electrons. The number of carbonyl (C=O) groups excluding carboxylic acids is 1. The number of hydrogen-bond acceptors (Lipinski definition) is 6. The number of hydrogen-bond donors (Lipinski definition) is 1. The minimum Gasteiger partial charge on any atom is -0.461 e. The lowest BCUT2D eigenvalue weighted by molar-refractivity contribution is -0.113. The second-order valence-corrected chi connectivity index (χ2v) is 7.84.